The summed E-state index contributed by atoms with van der Waals surface area (Å²) in [5.74, 6) is 2.17. The molecule has 2 fully saturated rings. The van der Waals surface area contributed by atoms with Gasteiger partial charge in [-0.1, -0.05) is 13.3 Å². The molecule has 0 saturated carbocycles. The molecule has 0 aliphatic carbocycles. The number of furan rings is 1. The highest BCUT2D eigenvalue weighted by Gasteiger charge is 2.38. The van der Waals surface area contributed by atoms with Crippen molar-refractivity contribution in [1.82, 2.24) is 10.2 Å². The molecule has 3 nitrogen and oxygen atoms in total. The van der Waals surface area contributed by atoms with Crippen molar-refractivity contribution in [3.8, 4) is 0 Å². The van der Waals surface area contributed by atoms with Crippen molar-refractivity contribution >= 4 is 0 Å². The van der Waals surface area contributed by atoms with E-state index in [2.05, 4.69) is 29.3 Å². The van der Waals surface area contributed by atoms with E-state index in [0.29, 0.717) is 0 Å². The monoisotopic (exact) mass is 262 g/mol. The number of aryl methyl sites for hydroxylation is 1. The predicted octanol–water partition coefficient (Wildman–Crippen LogP) is 3.08. The topological polar surface area (TPSA) is 28.4 Å². The first-order valence-corrected chi connectivity index (χ1v) is 7.80. The van der Waals surface area contributed by atoms with Crippen LogP contribution in [0.2, 0.25) is 0 Å². The summed E-state index contributed by atoms with van der Waals surface area (Å²) in [5.41, 5.74) is 0. The van der Waals surface area contributed by atoms with E-state index in [1.165, 1.54) is 32.1 Å². The van der Waals surface area contributed by atoms with Crippen LogP contribution in [0.5, 0.6) is 0 Å². The number of rotatable bonds is 4. The molecule has 3 heteroatoms. The average molecular weight is 262 g/mol. The molecule has 2 aliphatic rings. The minimum Gasteiger partial charge on any atom is -0.465 e. The fraction of sp³-hybridized carbons (Fsp3) is 0.750. The quantitative estimate of drug-likeness (QED) is 0.904. The van der Waals surface area contributed by atoms with Crippen LogP contribution in [0.25, 0.3) is 0 Å². The second-order valence-electron chi connectivity index (χ2n) is 6.15. The first kappa shape index (κ1) is 13.2. The van der Waals surface area contributed by atoms with Crippen LogP contribution < -0.4 is 5.32 Å². The van der Waals surface area contributed by atoms with Gasteiger partial charge in [-0.3, -0.25) is 4.90 Å². The highest BCUT2D eigenvalue weighted by molar-refractivity contribution is 5.07. The van der Waals surface area contributed by atoms with Gasteiger partial charge in [-0.2, -0.15) is 0 Å². The molecule has 0 aromatic carbocycles. The minimum absolute atomic E-state index is 0.731. The molecule has 3 rings (SSSR count). The molecule has 19 heavy (non-hydrogen) atoms. The lowest BCUT2D eigenvalue weighted by molar-refractivity contribution is 0.0130. The van der Waals surface area contributed by atoms with Crippen molar-refractivity contribution in [2.24, 2.45) is 0 Å². The number of piperidine rings is 2. The van der Waals surface area contributed by atoms with Crippen molar-refractivity contribution in [1.29, 1.82) is 0 Å². The van der Waals surface area contributed by atoms with Gasteiger partial charge in [-0.05, 0) is 51.3 Å². The molecule has 2 aliphatic heterocycles. The van der Waals surface area contributed by atoms with E-state index < -0.39 is 0 Å². The van der Waals surface area contributed by atoms with Crippen molar-refractivity contribution in [2.45, 2.75) is 70.6 Å². The summed E-state index contributed by atoms with van der Waals surface area (Å²) < 4.78 is 5.77. The molecule has 3 heterocycles. The summed E-state index contributed by atoms with van der Waals surface area (Å²) in [4.78, 5) is 2.70. The second-order valence-corrected chi connectivity index (χ2v) is 6.15. The van der Waals surface area contributed by atoms with Gasteiger partial charge in [0.1, 0.15) is 11.5 Å². The van der Waals surface area contributed by atoms with E-state index in [-0.39, 0.29) is 0 Å². The Labute approximate surface area is 116 Å². The van der Waals surface area contributed by atoms with Gasteiger partial charge >= 0.3 is 0 Å². The van der Waals surface area contributed by atoms with Crippen LogP contribution in [0, 0.1) is 6.92 Å². The van der Waals surface area contributed by atoms with Gasteiger partial charge < -0.3 is 9.73 Å². The molecular weight excluding hydrogens is 236 g/mol. The number of hydrogen-bond acceptors (Lipinski definition) is 3. The van der Waals surface area contributed by atoms with Crippen LogP contribution in [0.3, 0.4) is 0 Å². The average Bonchev–Trinajstić information content (AvgIpc) is 2.76. The Morgan fingerprint density at radius 3 is 2.58 bits per heavy atom. The first-order valence-electron chi connectivity index (χ1n) is 7.80. The van der Waals surface area contributed by atoms with Gasteiger partial charge in [-0.15, -0.1) is 0 Å². The second kappa shape index (κ2) is 5.68. The Balaban J connectivity index is 1.68. The summed E-state index contributed by atoms with van der Waals surface area (Å²) in [6, 6.07) is 6.46. The molecule has 2 unspecified atom stereocenters. The van der Waals surface area contributed by atoms with E-state index in [9.17, 15) is 0 Å². The highest BCUT2D eigenvalue weighted by Crippen LogP contribution is 2.35. The fourth-order valence-corrected chi connectivity index (χ4v) is 3.94. The van der Waals surface area contributed by atoms with Crippen LogP contribution in [0.1, 0.15) is 50.5 Å². The zero-order valence-electron chi connectivity index (χ0n) is 12.2. The normalized spacial score (nSPS) is 31.6. The van der Waals surface area contributed by atoms with Crippen LogP contribution in [-0.4, -0.2) is 29.6 Å². The molecular formula is C16H26N2O. The summed E-state index contributed by atoms with van der Waals surface area (Å²) in [6.45, 7) is 6.35. The maximum Gasteiger partial charge on any atom is 0.118 e. The third kappa shape index (κ3) is 2.87. The van der Waals surface area contributed by atoms with E-state index >= 15 is 0 Å². The lowest BCUT2D eigenvalue weighted by atomic mass is 9.81. The van der Waals surface area contributed by atoms with Crippen LogP contribution >= 0.6 is 0 Å². The lowest BCUT2D eigenvalue weighted by Crippen LogP contribution is -2.55. The zero-order chi connectivity index (χ0) is 13.2. The Kier molecular flexibility index (Phi) is 3.94. The van der Waals surface area contributed by atoms with Crippen molar-refractivity contribution in [3.05, 3.63) is 23.7 Å². The summed E-state index contributed by atoms with van der Waals surface area (Å²) in [7, 11) is 0. The third-order valence-electron chi connectivity index (χ3n) is 4.75. The minimum atomic E-state index is 0.731. The third-order valence-corrected chi connectivity index (χ3v) is 4.75. The molecule has 106 valence electrons. The largest absolute Gasteiger partial charge is 0.465 e. The molecule has 2 atom stereocenters. The molecule has 1 N–H and O–H groups in total. The Bertz CT molecular complexity index is 401. The van der Waals surface area contributed by atoms with Gasteiger partial charge in [0.05, 0.1) is 6.54 Å². The van der Waals surface area contributed by atoms with Crippen LogP contribution in [0.4, 0.5) is 0 Å². The maximum absolute atomic E-state index is 5.77. The van der Waals surface area contributed by atoms with E-state index in [1.807, 2.05) is 6.92 Å². The fourth-order valence-electron chi connectivity index (χ4n) is 3.94. The number of fused-ring (bicyclic) bond motifs is 2. The first-order chi connectivity index (χ1) is 9.26. The van der Waals surface area contributed by atoms with E-state index in [0.717, 1.165) is 42.7 Å². The van der Waals surface area contributed by atoms with Gasteiger partial charge in [0, 0.05) is 18.1 Å². The molecule has 1 aromatic heterocycles. The molecule has 0 radical (unpaired) electrons. The Morgan fingerprint density at radius 2 is 2.00 bits per heavy atom. The van der Waals surface area contributed by atoms with Crippen molar-refractivity contribution in [3.63, 3.8) is 0 Å². The van der Waals surface area contributed by atoms with E-state index in [1.54, 1.807) is 0 Å². The van der Waals surface area contributed by atoms with Crippen LogP contribution in [-0.2, 0) is 6.54 Å². The Morgan fingerprint density at radius 1 is 1.26 bits per heavy atom. The van der Waals surface area contributed by atoms with Gasteiger partial charge in [0.25, 0.3) is 0 Å². The lowest BCUT2D eigenvalue weighted by Gasteiger charge is -2.48. The Hall–Kier alpha value is -0.800. The number of hydrogen-bond donors (Lipinski definition) is 1. The van der Waals surface area contributed by atoms with Crippen molar-refractivity contribution < 1.29 is 4.42 Å². The smallest absolute Gasteiger partial charge is 0.118 e. The summed E-state index contributed by atoms with van der Waals surface area (Å²) in [5, 5.41) is 3.65. The molecule has 1 aromatic rings. The summed E-state index contributed by atoms with van der Waals surface area (Å²) >= 11 is 0. The standard InChI is InChI=1S/C16H26N2O/c1-3-17-13-9-14-5-4-6-15(10-13)18(14)11-16-8-7-12(2)19-16/h7-8,13-15,17H,3-6,9-11H2,1-2H3. The molecule has 2 bridgehead atoms. The van der Waals surface area contributed by atoms with Gasteiger partial charge in [0.15, 0.2) is 0 Å². The maximum atomic E-state index is 5.77. The number of nitrogens with zero attached hydrogens (tertiary/aromatic N) is 1. The van der Waals surface area contributed by atoms with Crippen molar-refractivity contribution in [2.75, 3.05) is 6.54 Å². The highest BCUT2D eigenvalue weighted by atomic mass is 16.3. The predicted molar refractivity (Wildman–Crippen MR) is 77.1 cm³/mol. The zero-order valence-corrected chi connectivity index (χ0v) is 12.2. The van der Waals surface area contributed by atoms with Crippen LogP contribution in [0.15, 0.2) is 16.5 Å². The molecule has 2 saturated heterocycles. The molecule has 0 amide bonds. The van der Waals surface area contributed by atoms with Gasteiger partial charge in [0.2, 0.25) is 0 Å². The van der Waals surface area contributed by atoms with Gasteiger partial charge in [-0.25, -0.2) is 0 Å². The summed E-state index contributed by atoms with van der Waals surface area (Å²) in [6.07, 6.45) is 6.74. The molecule has 0 spiro atoms. The number of nitrogens with one attached hydrogen (secondary N) is 1. The van der Waals surface area contributed by atoms with E-state index in [4.69, 9.17) is 4.42 Å². The SMILES string of the molecule is CCNC1CC2CCCC(C1)N2Cc1ccc(C)o1.